The lowest BCUT2D eigenvalue weighted by Crippen LogP contribution is -2.21. The van der Waals surface area contributed by atoms with E-state index in [1.165, 1.54) is 0 Å². The number of aliphatic hydroxyl groups is 1. The van der Waals surface area contributed by atoms with Gasteiger partial charge < -0.3 is 10.0 Å². The van der Waals surface area contributed by atoms with Crippen molar-refractivity contribution in [2.45, 2.75) is 20.0 Å². The number of halogens is 1. The first-order valence-corrected chi connectivity index (χ1v) is 6.04. The Morgan fingerprint density at radius 2 is 2.19 bits per heavy atom. The van der Waals surface area contributed by atoms with Gasteiger partial charge in [0.2, 0.25) is 0 Å². The van der Waals surface area contributed by atoms with Crippen molar-refractivity contribution < 1.29 is 5.11 Å². The van der Waals surface area contributed by atoms with Crippen LogP contribution in [-0.4, -0.2) is 18.7 Å². The third kappa shape index (κ3) is 3.35. The molecule has 0 aliphatic heterocycles. The first kappa shape index (κ1) is 13.3. The van der Waals surface area contributed by atoms with Crippen LogP contribution in [0.1, 0.15) is 25.5 Å². The average molecular weight is 284 g/mol. The van der Waals surface area contributed by atoms with Crippen molar-refractivity contribution in [1.82, 2.24) is 0 Å². The second-order valence-corrected chi connectivity index (χ2v) is 5.11. The molecule has 1 atom stereocenters. The topological polar surface area (TPSA) is 23.5 Å². The molecule has 0 aliphatic rings. The van der Waals surface area contributed by atoms with E-state index in [4.69, 9.17) is 0 Å². The molecule has 88 valence electrons. The molecule has 3 heteroatoms. The zero-order valence-electron chi connectivity index (χ0n) is 10.00. The second kappa shape index (κ2) is 5.51. The van der Waals surface area contributed by atoms with Crippen LogP contribution in [0, 0.1) is 0 Å². The minimum absolute atomic E-state index is 0.462. The van der Waals surface area contributed by atoms with Gasteiger partial charge in [0.1, 0.15) is 0 Å². The molecule has 1 aromatic rings. The van der Waals surface area contributed by atoms with Crippen LogP contribution in [0.5, 0.6) is 0 Å². The van der Waals surface area contributed by atoms with Gasteiger partial charge in [0.25, 0.3) is 0 Å². The summed E-state index contributed by atoms with van der Waals surface area (Å²) in [6.07, 6.45) is -0.462. The minimum Gasteiger partial charge on any atom is -0.389 e. The zero-order valence-corrected chi connectivity index (χ0v) is 11.6. The lowest BCUT2D eigenvalue weighted by molar-refractivity contribution is 0.199. The third-order valence-corrected chi connectivity index (χ3v) is 2.85. The van der Waals surface area contributed by atoms with Crippen LogP contribution < -0.4 is 4.90 Å². The van der Waals surface area contributed by atoms with E-state index in [9.17, 15) is 5.11 Å². The highest BCUT2D eigenvalue weighted by molar-refractivity contribution is 9.10. The van der Waals surface area contributed by atoms with E-state index in [1.807, 2.05) is 32.2 Å². The number of rotatable bonds is 4. The maximum absolute atomic E-state index is 9.71. The minimum atomic E-state index is -0.462. The summed E-state index contributed by atoms with van der Waals surface area (Å²) in [4.78, 5) is 2.09. The summed E-state index contributed by atoms with van der Waals surface area (Å²) >= 11 is 3.45. The average Bonchev–Trinajstić information content (AvgIpc) is 2.15. The summed E-state index contributed by atoms with van der Waals surface area (Å²) in [5.41, 5.74) is 3.07. The Bertz CT molecular complexity index is 388. The van der Waals surface area contributed by atoms with Crippen molar-refractivity contribution in [1.29, 1.82) is 0 Å². The van der Waals surface area contributed by atoms with Crippen LogP contribution in [0.15, 0.2) is 34.8 Å². The van der Waals surface area contributed by atoms with Crippen molar-refractivity contribution in [2.24, 2.45) is 0 Å². The summed E-state index contributed by atoms with van der Waals surface area (Å²) in [7, 11) is 2.00. The molecule has 0 saturated heterocycles. The molecule has 0 aliphatic carbocycles. The number of likely N-dealkylation sites (N-methyl/N-ethyl adjacent to an activating group) is 1. The zero-order chi connectivity index (χ0) is 12.3. The molecular weight excluding hydrogens is 266 g/mol. The standard InChI is InChI=1S/C13H18BrNO/c1-9(2)8-15(4)13-7-11(14)5-6-12(13)10(3)16/h5-7,10,16H,1,8H2,2-4H3. The largest absolute Gasteiger partial charge is 0.389 e. The van der Waals surface area contributed by atoms with E-state index in [1.54, 1.807) is 6.92 Å². The predicted molar refractivity (Wildman–Crippen MR) is 72.9 cm³/mol. The van der Waals surface area contributed by atoms with E-state index in [0.29, 0.717) is 0 Å². The number of benzene rings is 1. The molecule has 0 heterocycles. The van der Waals surface area contributed by atoms with Gasteiger partial charge in [-0.1, -0.05) is 34.1 Å². The second-order valence-electron chi connectivity index (χ2n) is 4.19. The molecule has 1 rings (SSSR count). The first-order valence-electron chi connectivity index (χ1n) is 5.25. The van der Waals surface area contributed by atoms with Crippen molar-refractivity contribution in [2.75, 3.05) is 18.5 Å². The van der Waals surface area contributed by atoms with Crippen molar-refractivity contribution in [3.63, 3.8) is 0 Å². The normalized spacial score (nSPS) is 12.3. The van der Waals surface area contributed by atoms with E-state index in [-0.39, 0.29) is 0 Å². The maximum atomic E-state index is 9.71. The molecule has 1 unspecified atom stereocenters. The van der Waals surface area contributed by atoms with Crippen molar-refractivity contribution in [3.8, 4) is 0 Å². The monoisotopic (exact) mass is 283 g/mol. The summed E-state index contributed by atoms with van der Waals surface area (Å²) in [6.45, 7) is 8.47. The highest BCUT2D eigenvalue weighted by Gasteiger charge is 2.11. The predicted octanol–water partition coefficient (Wildman–Crippen LogP) is 3.51. The molecule has 16 heavy (non-hydrogen) atoms. The van der Waals surface area contributed by atoms with Gasteiger partial charge in [-0.25, -0.2) is 0 Å². The number of hydrogen-bond donors (Lipinski definition) is 1. The van der Waals surface area contributed by atoms with Gasteiger partial charge in [0, 0.05) is 29.3 Å². The lowest BCUT2D eigenvalue weighted by atomic mass is 10.1. The summed E-state index contributed by atoms with van der Waals surface area (Å²) in [6, 6.07) is 5.91. The number of aliphatic hydroxyl groups excluding tert-OH is 1. The van der Waals surface area contributed by atoms with Gasteiger partial charge in [-0.05, 0) is 26.0 Å². The van der Waals surface area contributed by atoms with Crippen LogP contribution in [0.25, 0.3) is 0 Å². The molecule has 1 N–H and O–H groups in total. The van der Waals surface area contributed by atoms with Crippen LogP contribution in [-0.2, 0) is 0 Å². The Morgan fingerprint density at radius 3 is 2.69 bits per heavy atom. The van der Waals surface area contributed by atoms with Crippen molar-refractivity contribution in [3.05, 3.63) is 40.4 Å². The van der Waals surface area contributed by atoms with Gasteiger partial charge in [-0.2, -0.15) is 0 Å². The molecule has 0 spiro atoms. The molecule has 1 aromatic carbocycles. The van der Waals surface area contributed by atoms with Gasteiger partial charge in [0.05, 0.1) is 6.10 Å². The quantitative estimate of drug-likeness (QED) is 0.855. The summed E-state index contributed by atoms with van der Waals surface area (Å²) < 4.78 is 1.01. The van der Waals surface area contributed by atoms with Crippen LogP contribution in [0.2, 0.25) is 0 Å². The fraction of sp³-hybridized carbons (Fsp3) is 0.385. The molecule has 0 aromatic heterocycles. The highest BCUT2D eigenvalue weighted by Crippen LogP contribution is 2.29. The number of anilines is 1. The van der Waals surface area contributed by atoms with Gasteiger partial charge in [-0.3, -0.25) is 0 Å². The Hall–Kier alpha value is -0.800. The van der Waals surface area contributed by atoms with E-state index < -0.39 is 6.10 Å². The fourth-order valence-corrected chi connectivity index (χ4v) is 2.04. The summed E-state index contributed by atoms with van der Waals surface area (Å²) in [5, 5.41) is 9.71. The van der Waals surface area contributed by atoms with Crippen LogP contribution >= 0.6 is 15.9 Å². The molecule has 0 saturated carbocycles. The van der Waals surface area contributed by atoms with Gasteiger partial charge in [-0.15, -0.1) is 0 Å². The fourth-order valence-electron chi connectivity index (χ4n) is 1.69. The lowest BCUT2D eigenvalue weighted by Gasteiger charge is -2.24. The molecular formula is C13H18BrNO. The smallest absolute Gasteiger partial charge is 0.0782 e. The Labute approximate surface area is 106 Å². The number of hydrogen-bond acceptors (Lipinski definition) is 2. The molecule has 0 bridgehead atoms. The van der Waals surface area contributed by atoms with Crippen molar-refractivity contribution >= 4 is 21.6 Å². The maximum Gasteiger partial charge on any atom is 0.0782 e. The molecule has 0 fully saturated rings. The van der Waals surface area contributed by atoms with Gasteiger partial charge >= 0.3 is 0 Å². The van der Waals surface area contributed by atoms with Crippen LogP contribution in [0.4, 0.5) is 5.69 Å². The first-order chi connectivity index (χ1) is 7.41. The Balaban J connectivity index is 3.08. The molecule has 0 amide bonds. The van der Waals surface area contributed by atoms with E-state index >= 15 is 0 Å². The van der Waals surface area contributed by atoms with E-state index in [2.05, 4.69) is 27.4 Å². The summed E-state index contributed by atoms with van der Waals surface area (Å²) in [5.74, 6) is 0. The Kier molecular flexibility index (Phi) is 4.56. The highest BCUT2D eigenvalue weighted by atomic mass is 79.9. The SMILES string of the molecule is C=C(C)CN(C)c1cc(Br)ccc1C(C)O. The number of nitrogens with zero attached hydrogens (tertiary/aromatic N) is 1. The molecule has 2 nitrogen and oxygen atoms in total. The van der Waals surface area contributed by atoms with Gasteiger partial charge in [0.15, 0.2) is 0 Å². The Morgan fingerprint density at radius 1 is 1.56 bits per heavy atom. The van der Waals surface area contributed by atoms with Crippen LogP contribution in [0.3, 0.4) is 0 Å². The third-order valence-electron chi connectivity index (χ3n) is 2.36. The van der Waals surface area contributed by atoms with E-state index in [0.717, 1.165) is 27.8 Å². The molecule has 0 radical (unpaired) electrons.